The Morgan fingerprint density at radius 3 is 2.61 bits per heavy atom. The Morgan fingerprint density at radius 2 is 1.93 bits per heavy atom. The van der Waals surface area contributed by atoms with Crippen LogP contribution in [0.4, 0.5) is 10.1 Å². The van der Waals surface area contributed by atoms with Crippen molar-refractivity contribution in [2.24, 2.45) is 4.99 Å². The fraction of sp³-hybridized carbons (Fsp3) is 0.100. The van der Waals surface area contributed by atoms with Crippen molar-refractivity contribution in [3.05, 3.63) is 70.1 Å². The van der Waals surface area contributed by atoms with Gasteiger partial charge in [0, 0.05) is 5.56 Å². The van der Waals surface area contributed by atoms with E-state index in [4.69, 9.17) is 9.47 Å². The standard InChI is InChI=1S/C20H16FNO5S/c1-26-12-7-8-15(23)11(9-12)10-16-18(24)17(20(25)27-2)19(28-16)22-14-6-4-3-5-13(14)21/h3-10,23-24H,1-2H3/b16-10+,22-19?. The zero-order chi connectivity index (χ0) is 20.3. The highest BCUT2D eigenvalue weighted by Crippen LogP contribution is 2.41. The highest BCUT2D eigenvalue weighted by atomic mass is 32.2. The quantitative estimate of drug-likeness (QED) is 0.741. The predicted molar refractivity (Wildman–Crippen MR) is 105 cm³/mol. The number of ether oxygens (including phenoxy) is 2. The number of aliphatic hydroxyl groups is 1. The maximum Gasteiger partial charge on any atom is 0.344 e. The maximum atomic E-state index is 14.0. The van der Waals surface area contributed by atoms with Crippen LogP contribution in [-0.2, 0) is 9.53 Å². The largest absolute Gasteiger partial charge is 0.507 e. The van der Waals surface area contributed by atoms with E-state index in [-0.39, 0.29) is 32.7 Å². The van der Waals surface area contributed by atoms with Crippen LogP contribution >= 0.6 is 11.8 Å². The summed E-state index contributed by atoms with van der Waals surface area (Å²) in [6.45, 7) is 0. The van der Waals surface area contributed by atoms with E-state index < -0.39 is 11.8 Å². The molecule has 0 radical (unpaired) electrons. The third-order valence-corrected chi connectivity index (χ3v) is 4.90. The molecule has 28 heavy (non-hydrogen) atoms. The molecule has 2 N–H and O–H groups in total. The molecule has 1 aliphatic heterocycles. The third kappa shape index (κ3) is 3.86. The van der Waals surface area contributed by atoms with Crippen LogP contribution in [0.3, 0.4) is 0 Å². The molecule has 0 bridgehead atoms. The fourth-order valence-electron chi connectivity index (χ4n) is 2.46. The van der Waals surface area contributed by atoms with E-state index in [1.807, 2.05) is 0 Å². The molecule has 0 fully saturated rings. The van der Waals surface area contributed by atoms with Crippen LogP contribution in [0.5, 0.6) is 11.5 Å². The first-order valence-corrected chi connectivity index (χ1v) is 8.88. The smallest absolute Gasteiger partial charge is 0.344 e. The summed E-state index contributed by atoms with van der Waals surface area (Å²) in [6.07, 6.45) is 1.48. The first kappa shape index (κ1) is 19.5. The summed E-state index contributed by atoms with van der Waals surface area (Å²) in [4.78, 5) is 16.6. The minimum Gasteiger partial charge on any atom is -0.507 e. The molecule has 2 aromatic rings. The van der Waals surface area contributed by atoms with Gasteiger partial charge < -0.3 is 19.7 Å². The van der Waals surface area contributed by atoms with Gasteiger partial charge in [-0.1, -0.05) is 23.9 Å². The zero-order valence-corrected chi connectivity index (χ0v) is 15.8. The predicted octanol–water partition coefficient (Wildman–Crippen LogP) is 4.34. The molecule has 6 nitrogen and oxygen atoms in total. The van der Waals surface area contributed by atoms with E-state index in [2.05, 4.69) is 4.99 Å². The third-order valence-electron chi connectivity index (χ3n) is 3.88. The van der Waals surface area contributed by atoms with Crippen LogP contribution in [0.25, 0.3) is 6.08 Å². The van der Waals surface area contributed by atoms with Gasteiger partial charge in [0.15, 0.2) is 0 Å². The van der Waals surface area contributed by atoms with E-state index in [9.17, 15) is 19.4 Å². The molecule has 0 aliphatic carbocycles. The molecule has 0 saturated carbocycles. The lowest BCUT2D eigenvalue weighted by Crippen LogP contribution is -2.10. The van der Waals surface area contributed by atoms with Crippen LogP contribution in [0.1, 0.15) is 5.56 Å². The summed E-state index contributed by atoms with van der Waals surface area (Å²) < 4.78 is 23.8. The van der Waals surface area contributed by atoms with Gasteiger partial charge in [-0.2, -0.15) is 0 Å². The maximum absolute atomic E-state index is 14.0. The van der Waals surface area contributed by atoms with Gasteiger partial charge in [0.05, 0.1) is 19.1 Å². The number of esters is 1. The lowest BCUT2D eigenvalue weighted by Gasteiger charge is -2.04. The summed E-state index contributed by atoms with van der Waals surface area (Å²) in [7, 11) is 2.66. The second kappa shape index (κ2) is 8.18. The average Bonchev–Trinajstić information content (AvgIpc) is 2.99. The number of methoxy groups -OCH3 is 2. The lowest BCUT2D eigenvalue weighted by molar-refractivity contribution is -0.135. The first-order valence-electron chi connectivity index (χ1n) is 8.06. The van der Waals surface area contributed by atoms with Crippen LogP contribution in [-0.4, -0.2) is 35.4 Å². The van der Waals surface area contributed by atoms with Crippen molar-refractivity contribution in [3.8, 4) is 11.5 Å². The molecular formula is C20H16FNO5S. The van der Waals surface area contributed by atoms with Crippen molar-refractivity contribution in [3.63, 3.8) is 0 Å². The Labute approximate surface area is 164 Å². The Balaban J connectivity index is 2.10. The highest BCUT2D eigenvalue weighted by Gasteiger charge is 2.33. The van der Waals surface area contributed by atoms with E-state index in [0.717, 1.165) is 11.8 Å². The zero-order valence-electron chi connectivity index (χ0n) is 15.0. The SMILES string of the molecule is COC(=O)C1=C(O)/C(=C\c2cc(OC)ccc2O)SC1=Nc1ccccc1F. The number of halogens is 1. The number of carbonyl (C=O) groups excluding carboxylic acids is 1. The number of aromatic hydroxyl groups is 1. The van der Waals surface area contributed by atoms with Crippen molar-refractivity contribution in [2.45, 2.75) is 0 Å². The number of carbonyl (C=O) groups is 1. The molecule has 0 atom stereocenters. The topological polar surface area (TPSA) is 88.4 Å². The van der Waals surface area contributed by atoms with E-state index >= 15 is 0 Å². The first-order chi connectivity index (χ1) is 13.4. The number of phenolic OH excluding ortho intramolecular Hbond substituents is 1. The van der Waals surface area contributed by atoms with Crippen LogP contribution in [0.15, 0.2) is 63.7 Å². The highest BCUT2D eigenvalue weighted by molar-refractivity contribution is 8.18. The minimum absolute atomic E-state index is 0.0182. The average molecular weight is 401 g/mol. The van der Waals surface area contributed by atoms with Gasteiger partial charge in [-0.15, -0.1) is 0 Å². The van der Waals surface area contributed by atoms with Crippen LogP contribution in [0, 0.1) is 5.82 Å². The number of hydrogen-bond acceptors (Lipinski definition) is 7. The van der Waals surface area contributed by atoms with Gasteiger partial charge in [0.2, 0.25) is 0 Å². The Hall–Kier alpha value is -3.26. The number of benzene rings is 2. The lowest BCUT2D eigenvalue weighted by atomic mass is 10.1. The van der Waals surface area contributed by atoms with Gasteiger partial charge in [-0.05, 0) is 36.4 Å². The van der Waals surface area contributed by atoms with Gasteiger partial charge in [-0.25, -0.2) is 14.2 Å². The monoisotopic (exact) mass is 401 g/mol. The Bertz CT molecular complexity index is 1030. The summed E-state index contributed by atoms with van der Waals surface area (Å²) >= 11 is 0.959. The van der Waals surface area contributed by atoms with E-state index in [1.165, 1.54) is 44.6 Å². The molecule has 0 aromatic heterocycles. The summed E-state index contributed by atoms with van der Waals surface area (Å²) in [5.41, 5.74) is 0.207. The number of nitrogens with zero attached hydrogens (tertiary/aromatic N) is 1. The number of aliphatic imine (C=N–C) groups is 1. The number of hydrogen-bond donors (Lipinski definition) is 2. The molecular weight excluding hydrogens is 385 g/mol. The number of rotatable bonds is 4. The molecule has 3 rings (SSSR count). The van der Waals surface area contributed by atoms with Gasteiger partial charge in [0.25, 0.3) is 0 Å². The van der Waals surface area contributed by atoms with Gasteiger partial charge >= 0.3 is 5.97 Å². The molecule has 0 unspecified atom stereocenters. The second-order valence-electron chi connectivity index (χ2n) is 5.62. The van der Waals surface area contributed by atoms with Crippen molar-refractivity contribution in [1.82, 2.24) is 0 Å². The molecule has 8 heteroatoms. The molecule has 0 spiro atoms. The van der Waals surface area contributed by atoms with Gasteiger partial charge in [0.1, 0.15) is 39.4 Å². The summed E-state index contributed by atoms with van der Waals surface area (Å²) in [6, 6.07) is 10.4. The number of para-hydroxylation sites is 1. The van der Waals surface area contributed by atoms with Crippen LogP contribution < -0.4 is 4.74 Å². The molecule has 0 amide bonds. The van der Waals surface area contributed by atoms with Crippen molar-refractivity contribution in [1.29, 1.82) is 0 Å². The molecule has 0 saturated heterocycles. The Kier molecular flexibility index (Phi) is 5.70. The number of aliphatic hydroxyl groups excluding tert-OH is 1. The molecule has 2 aromatic carbocycles. The molecule has 144 valence electrons. The Morgan fingerprint density at radius 1 is 1.18 bits per heavy atom. The van der Waals surface area contributed by atoms with Crippen LogP contribution in [0.2, 0.25) is 0 Å². The normalized spacial score (nSPS) is 16.7. The molecule has 1 aliphatic rings. The summed E-state index contributed by atoms with van der Waals surface area (Å²) in [5, 5.41) is 20.7. The fourth-order valence-corrected chi connectivity index (χ4v) is 3.48. The number of thioether (sulfide) groups is 1. The minimum atomic E-state index is -0.807. The van der Waals surface area contributed by atoms with Crippen molar-refractivity contribution >= 4 is 34.5 Å². The van der Waals surface area contributed by atoms with Crippen molar-refractivity contribution in [2.75, 3.05) is 14.2 Å². The second-order valence-corrected chi connectivity index (χ2v) is 6.65. The number of phenols is 1. The van der Waals surface area contributed by atoms with Gasteiger partial charge in [-0.3, -0.25) is 0 Å². The van der Waals surface area contributed by atoms with E-state index in [1.54, 1.807) is 18.2 Å². The molecule has 1 heterocycles. The van der Waals surface area contributed by atoms with E-state index in [0.29, 0.717) is 11.3 Å². The summed E-state index contributed by atoms with van der Waals surface area (Å²) in [5.74, 6) is -1.28. The van der Waals surface area contributed by atoms with Crippen molar-refractivity contribution < 1.29 is 28.9 Å².